The van der Waals surface area contributed by atoms with Gasteiger partial charge in [-0.15, -0.1) is 0 Å². The minimum absolute atomic E-state index is 0.00161. The zero-order valence-corrected chi connectivity index (χ0v) is 18.8. The third kappa shape index (κ3) is 4.91. The largest absolute Gasteiger partial charge is 0.342 e. The Morgan fingerprint density at radius 2 is 1.71 bits per heavy atom. The second-order valence-corrected chi connectivity index (χ2v) is 8.72. The van der Waals surface area contributed by atoms with Crippen LogP contribution in [0.1, 0.15) is 48.1 Å². The van der Waals surface area contributed by atoms with Gasteiger partial charge in [-0.1, -0.05) is 78.0 Å². The molecule has 0 aliphatic carbocycles. The van der Waals surface area contributed by atoms with Crippen LogP contribution in [0.2, 0.25) is 0 Å². The number of carbonyl (C=O) groups is 1. The van der Waals surface area contributed by atoms with E-state index >= 15 is 0 Å². The van der Waals surface area contributed by atoms with Crippen LogP contribution in [0.5, 0.6) is 0 Å². The summed E-state index contributed by atoms with van der Waals surface area (Å²) in [5, 5.41) is 4.04. The molecule has 172 valence electrons. The first kappa shape index (κ1) is 22.0. The van der Waals surface area contributed by atoms with Gasteiger partial charge < -0.3 is 9.42 Å². The lowest BCUT2D eigenvalue weighted by Gasteiger charge is -2.32. The second-order valence-electron chi connectivity index (χ2n) is 8.72. The molecule has 1 unspecified atom stereocenters. The van der Waals surface area contributed by atoms with E-state index in [1.807, 2.05) is 41.3 Å². The van der Waals surface area contributed by atoms with Crippen LogP contribution in [0.25, 0.3) is 11.4 Å². The van der Waals surface area contributed by atoms with Crippen LogP contribution in [-0.2, 0) is 4.79 Å². The third-order valence-electron chi connectivity index (χ3n) is 6.43. The molecule has 0 N–H and O–H groups in total. The molecule has 3 aromatic carbocycles. The van der Waals surface area contributed by atoms with Gasteiger partial charge in [-0.05, 0) is 36.1 Å². The molecule has 1 fully saturated rings. The molecule has 34 heavy (non-hydrogen) atoms. The monoisotopic (exact) mass is 455 g/mol. The molecule has 2 heterocycles. The fourth-order valence-corrected chi connectivity index (χ4v) is 4.65. The van der Waals surface area contributed by atoms with Gasteiger partial charge >= 0.3 is 0 Å². The summed E-state index contributed by atoms with van der Waals surface area (Å²) >= 11 is 0. The number of rotatable bonds is 6. The summed E-state index contributed by atoms with van der Waals surface area (Å²) < 4.78 is 19.1. The van der Waals surface area contributed by atoms with Crippen molar-refractivity contribution in [2.45, 2.75) is 31.1 Å². The summed E-state index contributed by atoms with van der Waals surface area (Å²) in [7, 11) is 0. The van der Waals surface area contributed by atoms with Crippen molar-refractivity contribution in [3.05, 3.63) is 108 Å². The van der Waals surface area contributed by atoms with Crippen molar-refractivity contribution < 1.29 is 13.7 Å². The van der Waals surface area contributed by atoms with Crippen LogP contribution < -0.4 is 0 Å². The summed E-state index contributed by atoms with van der Waals surface area (Å²) in [6.45, 7) is 1.26. The molecule has 1 aromatic heterocycles. The number of likely N-dealkylation sites (tertiary alicyclic amines) is 1. The first-order chi connectivity index (χ1) is 16.7. The summed E-state index contributed by atoms with van der Waals surface area (Å²) in [6, 6.07) is 26.5. The van der Waals surface area contributed by atoms with E-state index in [-0.39, 0.29) is 23.6 Å². The standard InChI is InChI=1S/C28H26FN3O2/c29-24-15-7-13-22(17-24)27-30-28(34-31-27)23-14-8-16-32(19-23)26(33)18-25(20-9-3-1-4-10-20)21-11-5-2-6-12-21/h1-7,9-13,15,17,23,25H,8,14,16,18-19H2. The number of halogens is 1. The highest BCUT2D eigenvalue weighted by Crippen LogP contribution is 2.32. The van der Waals surface area contributed by atoms with E-state index in [4.69, 9.17) is 4.52 Å². The summed E-state index contributed by atoms with van der Waals surface area (Å²) in [4.78, 5) is 19.8. The predicted octanol–water partition coefficient (Wildman–Crippen LogP) is 5.80. The predicted molar refractivity (Wildman–Crippen MR) is 128 cm³/mol. The summed E-state index contributed by atoms with van der Waals surface area (Å²) in [5.41, 5.74) is 2.84. The molecule has 0 bridgehead atoms. The van der Waals surface area contributed by atoms with E-state index in [1.165, 1.54) is 12.1 Å². The molecule has 1 aliphatic heterocycles. The van der Waals surface area contributed by atoms with Crippen molar-refractivity contribution in [1.82, 2.24) is 15.0 Å². The lowest BCUT2D eigenvalue weighted by Crippen LogP contribution is -2.39. The Morgan fingerprint density at radius 1 is 1.00 bits per heavy atom. The minimum atomic E-state index is -0.343. The van der Waals surface area contributed by atoms with Gasteiger partial charge in [0.1, 0.15) is 5.82 Å². The van der Waals surface area contributed by atoms with E-state index in [2.05, 4.69) is 34.4 Å². The van der Waals surface area contributed by atoms with E-state index in [1.54, 1.807) is 12.1 Å². The van der Waals surface area contributed by atoms with Crippen LogP contribution in [0.4, 0.5) is 4.39 Å². The fraction of sp³-hybridized carbons (Fsp3) is 0.250. The molecule has 4 aromatic rings. The molecular weight excluding hydrogens is 429 g/mol. The van der Waals surface area contributed by atoms with Crippen LogP contribution in [0, 0.1) is 5.82 Å². The maximum absolute atomic E-state index is 13.6. The van der Waals surface area contributed by atoms with E-state index in [9.17, 15) is 9.18 Å². The van der Waals surface area contributed by atoms with E-state index in [0.29, 0.717) is 30.2 Å². The number of hydrogen-bond acceptors (Lipinski definition) is 4. The van der Waals surface area contributed by atoms with Crippen LogP contribution >= 0.6 is 0 Å². The topological polar surface area (TPSA) is 59.2 Å². The molecule has 0 spiro atoms. The Balaban J connectivity index is 1.31. The number of hydrogen-bond donors (Lipinski definition) is 0. The maximum Gasteiger partial charge on any atom is 0.231 e. The second kappa shape index (κ2) is 10.00. The molecule has 1 aliphatic rings. The zero-order valence-electron chi connectivity index (χ0n) is 18.8. The lowest BCUT2D eigenvalue weighted by molar-refractivity contribution is -0.132. The Hall–Kier alpha value is -3.80. The van der Waals surface area contributed by atoms with Gasteiger partial charge in [0.25, 0.3) is 0 Å². The Labute approximate surface area is 198 Å². The quantitative estimate of drug-likeness (QED) is 0.368. The Bertz CT molecular complexity index is 1200. The number of amides is 1. The smallest absolute Gasteiger partial charge is 0.231 e. The number of benzene rings is 3. The van der Waals surface area contributed by atoms with Gasteiger partial charge in [-0.3, -0.25) is 4.79 Å². The molecule has 5 rings (SSSR count). The molecule has 1 amide bonds. The van der Waals surface area contributed by atoms with E-state index < -0.39 is 0 Å². The number of nitrogens with zero attached hydrogens (tertiary/aromatic N) is 3. The highest BCUT2D eigenvalue weighted by atomic mass is 19.1. The fourth-order valence-electron chi connectivity index (χ4n) is 4.65. The SMILES string of the molecule is O=C(CC(c1ccccc1)c1ccccc1)N1CCCC(c2nc(-c3cccc(F)c3)no2)C1. The third-order valence-corrected chi connectivity index (χ3v) is 6.43. The maximum atomic E-state index is 13.6. The average molecular weight is 456 g/mol. The first-order valence-electron chi connectivity index (χ1n) is 11.6. The van der Waals surface area contributed by atoms with Crippen molar-refractivity contribution in [1.29, 1.82) is 0 Å². The summed E-state index contributed by atoms with van der Waals surface area (Å²) in [6.07, 6.45) is 2.14. The first-order valence-corrected chi connectivity index (χ1v) is 11.6. The molecule has 1 atom stereocenters. The van der Waals surface area contributed by atoms with Crippen LogP contribution in [0.3, 0.4) is 0 Å². The molecular formula is C28H26FN3O2. The lowest BCUT2D eigenvalue weighted by atomic mass is 9.87. The summed E-state index contributed by atoms with van der Waals surface area (Å²) in [5.74, 6) is 0.611. The zero-order chi connectivity index (χ0) is 23.3. The Kier molecular flexibility index (Phi) is 6.47. The van der Waals surface area contributed by atoms with Crippen molar-refractivity contribution in [3.63, 3.8) is 0 Å². The van der Waals surface area contributed by atoms with Gasteiger partial charge in [0.05, 0.1) is 5.92 Å². The highest BCUT2D eigenvalue weighted by molar-refractivity contribution is 5.78. The number of aromatic nitrogens is 2. The van der Waals surface area contributed by atoms with Crippen LogP contribution in [0.15, 0.2) is 89.5 Å². The number of piperidine rings is 1. The molecule has 1 saturated heterocycles. The minimum Gasteiger partial charge on any atom is -0.342 e. The highest BCUT2D eigenvalue weighted by Gasteiger charge is 2.30. The van der Waals surface area contributed by atoms with Crippen molar-refractivity contribution >= 4 is 5.91 Å². The van der Waals surface area contributed by atoms with Crippen molar-refractivity contribution in [2.24, 2.45) is 0 Å². The normalized spacial score (nSPS) is 16.1. The van der Waals surface area contributed by atoms with Gasteiger partial charge in [0.2, 0.25) is 17.6 Å². The molecule has 0 radical (unpaired) electrons. The number of carbonyl (C=O) groups excluding carboxylic acids is 1. The Morgan fingerprint density at radius 3 is 2.38 bits per heavy atom. The van der Waals surface area contributed by atoms with Gasteiger partial charge in [0, 0.05) is 31.0 Å². The van der Waals surface area contributed by atoms with Gasteiger partial charge in [-0.2, -0.15) is 4.98 Å². The molecule has 6 heteroatoms. The van der Waals surface area contributed by atoms with E-state index in [0.717, 1.165) is 30.5 Å². The van der Waals surface area contributed by atoms with Crippen LogP contribution in [-0.4, -0.2) is 34.0 Å². The van der Waals surface area contributed by atoms with Crippen molar-refractivity contribution in [3.8, 4) is 11.4 Å². The van der Waals surface area contributed by atoms with Crippen molar-refractivity contribution in [2.75, 3.05) is 13.1 Å². The average Bonchev–Trinajstić information content (AvgIpc) is 3.39. The van der Waals surface area contributed by atoms with Gasteiger partial charge in [0.15, 0.2) is 0 Å². The van der Waals surface area contributed by atoms with Gasteiger partial charge in [-0.25, -0.2) is 4.39 Å². The molecule has 5 nitrogen and oxygen atoms in total. The molecule has 0 saturated carbocycles.